The van der Waals surface area contributed by atoms with Crippen molar-refractivity contribution in [2.24, 2.45) is 0 Å². The van der Waals surface area contributed by atoms with Crippen LogP contribution in [0, 0.1) is 6.92 Å². The first-order chi connectivity index (χ1) is 10.2. The second-order valence-corrected chi connectivity index (χ2v) is 5.18. The number of hydrogen-bond acceptors (Lipinski definition) is 6. The van der Waals surface area contributed by atoms with E-state index in [9.17, 15) is 4.79 Å². The van der Waals surface area contributed by atoms with Crippen LogP contribution in [0.15, 0.2) is 30.5 Å². The normalized spacial score (nSPS) is 10.6. The minimum absolute atomic E-state index is 0.225. The molecule has 0 aliphatic carbocycles. The quantitative estimate of drug-likeness (QED) is 0.804. The number of fused-ring (bicyclic) bond motifs is 1. The van der Waals surface area contributed by atoms with Gasteiger partial charge in [0.2, 0.25) is 0 Å². The van der Waals surface area contributed by atoms with Crippen LogP contribution in [0.4, 0.5) is 5.69 Å². The van der Waals surface area contributed by atoms with Crippen LogP contribution in [0.2, 0.25) is 0 Å². The van der Waals surface area contributed by atoms with Crippen LogP contribution in [0.25, 0.3) is 10.9 Å². The monoisotopic (exact) mass is 300 g/mol. The first-order valence-electron chi connectivity index (χ1n) is 6.21. The SMILES string of the molecule is COc1ccc2cc(NC(=O)c3snnc3C)cnc2c1. The molecule has 1 amide bonds. The molecule has 0 radical (unpaired) electrons. The molecule has 0 aliphatic heterocycles. The molecule has 0 unspecified atom stereocenters. The molecule has 1 N–H and O–H groups in total. The van der Waals surface area contributed by atoms with Gasteiger partial charge in [-0.25, -0.2) is 0 Å². The Balaban J connectivity index is 1.88. The molecule has 7 heteroatoms. The van der Waals surface area contributed by atoms with Crippen molar-refractivity contribution in [3.05, 3.63) is 41.0 Å². The highest BCUT2D eigenvalue weighted by Gasteiger charge is 2.13. The first kappa shape index (κ1) is 13.4. The number of nitrogens with zero attached hydrogens (tertiary/aromatic N) is 3. The Kier molecular flexibility index (Phi) is 3.49. The second kappa shape index (κ2) is 5.45. The van der Waals surface area contributed by atoms with E-state index in [1.54, 1.807) is 20.2 Å². The zero-order valence-electron chi connectivity index (χ0n) is 11.5. The van der Waals surface area contributed by atoms with Gasteiger partial charge < -0.3 is 10.1 Å². The topological polar surface area (TPSA) is 77.0 Å². The Bertz CT molecular complexity index is 816. The largest absolute Gasteiger partial charge is 0.497 e. The summed E-state index contributed by atoms with van der Waals surface area (Å²) < 4.78 is 8.91. The van der Waals surface area contributed by atoms with Crippen LogP contribution in [0.5, 0.6) is 5.75 Å². The van der Waals surface area contributed by atoms with E-state index in [0.717, 1.165) is 28.2 Å². The third-order valence-corrected chi connectivity index (χ3v) is 3.83. The van der Waals surface area contributed by atoms with Gasteiger partial charge >= 0.3 is 0 Å². The molecule has 1 aromatic carbocycles. The highest BCUT2D eigenvalue weighted by atomic mass is 32.1. The summed E-state index contributed by atoms with van der Waals surface area (Å²) in [4.78, 5) is 16.9. The number of aromatic nitrogens is 3. The molecule has 0 atom stereocenters. The van der Waals surface area contributed by atoms with Crippen LogP contribution in [0.3, 0.4) is 0 Å². The number of nitrogens with one attached hydrogen (secondary N) is 1. The Hall–Kier alpha value is -2.54. The van der Waals surface area contributed by atoms with Crippen molar-refractivity contribution in [3.63, 3.8) is 0 Å². The van der Waals surface area contributed by atoms with Crippen LogP contribution in [-0.2, 0) is 0 Å². The van der Waals surface area contributed by atoms with E-state index in [4.69, 9.17) is 4.74 Å². The van der Waals surface area contributed by atoms with Crippen LogP contribution < -0.4 is 10.1 Å². The number of carbonyl (C=O) groups excluding carboxylic acids is 1. The number of pyridine rings is 1. The summed E-state index contributed by atoms with van der Waals surface area (Å²) in [5.41, 5.74) is 2.06. The highest BCUT2D eigenvalue weighted by molar-refractivity contribution is 7.08. The maximum absolute atomic E-state index is 12.1. The van der Waals surface area contributed by atoms with E-state index in [1.165, 1.54) is 0 Å². The lowest BCUT2D eigenvalue weighted by Crippen LogP contribution is -2.11. The number of ether oxygens (including phenoxy) is 1. The average Bonchev–Trinajstić information content (AvgIpc) is 2.93. The molecule has 0 saturated heterocycles. The minimum Gasteiger partial charge on any atom is -0.497 e. The number of aryl methyl sites for hydroxylation is 1. The smallest absolute Gasteiger partial charge is 0.269 e. The van der Waals surface area contributed by atoms with Crippen molar-refractivity contribution in [2.75, 3.05) is 12.4 Å². The van der Waals surface area contributed by atoms with Crippen molar-refractivity contribution in [2.45, 2.75) is 6.92 Å². The summed E-state index contributed by atoms with van der Waals surface area (Å²) in [6.07, 6.45) is 1.61. The molecule has 0 saturated carbocycles. The summed E-state index contributed by atoms with van der Waals surface area (Å²) in [6, 6.07) is 7.46. The molecule has 106 valence electrons. The average molecular weight is 300 g/mol. The fourth-order valence-electron chi connectivity index (χ4n) is 1.92. The molecule has 21 heavy (non-hydrogen) atoms. The van der Waals surface area contributed by atoms with E-state index < -0.39 is 0 Å². The predicted molar refractivity (Wildman–Crippen MR) is 80.9 cm³/mol. The maximum atomic E-state index is 12.1. The van der Waals surface area contributed by atoms with Gasteiger partial charge in [-0.3, -0.25) is 9.78 Å². The van der Waals surface area contributed by atoms with Gasteiger partial charge in [0.05, 0.1) is 30.2 Å². The lowest BCUT2D eigenvalue weighted by Gasteiger charge is -2.06. The van der Waals surface area contributed by atoms with E-state index in [0.29, 0.717) is 16.3 Å². The lowest BCUT2D eigenvalue weighted by atomic mass is 10.2. The Labute approximate surface area is 124 Å². The van der Waals surface area contributed by atoms with Crippen molar-refractivity contribution < 1.29 is 9.53 Å². The maximum Gasteiger partial charge on any atom is 0.269 e. The molecule has 0 bridgehead atoms. The number of hydrogen-bond donors (Lipinski definition) is 1. The minimum atomic E-state index is -0.225. The van der Waals surface area contributed by atoms with E-state index in [2.05, 4.69) is 19.9 Å². The molecule has 3 rings (SSSR count). The van der Waals surface area contributed by atoms with Crippen molar-refractivity contribution in [3.8, 4) is 5.75 Å². The summed E-state index contributed by atoms with van der Waals surface area (Å²) in [7, 11) is 1.61. The van der Waals surface area contributed by atoms with Gasteiger partial charge in [-0.1, -0.05) is 4.49 Å². The van der Waals surface area contributed by atoms with E-state index >= 15 is 0 Å². The van der Waals surface area contributed by atoms with Crippen LogP contribution in [-0.4, -0.2) is 27.6 Å². The summed E-state index contributed by atoms with van der Waals surface area (Å²) >= 11 is 1.08. The predicted octanol–water partition coefficient (Wildman–Crippen LogP) is 2.66. The third kappa shape index (κ3) is 2.68. The van der Waals surface area contributed by atoms with Gasteiger partial charge in [-0.05, 0) is 36.7 Å². The highest BCUT2D eigenvalue weighted by Crippen LogP contribution is 2.22. The Morgan fingerprint density at radius 3 is 2.90 bits per heavy atom. The van der Waals surface area contributed by atoms with Crippen molar-refractivity contribution >= 4 is 34.0 Å². The number of carbonyl (C=O) groups is 1. The molecule has 3 aromatic rings. The Morgan fingerprint density at radius 1 is 1.33 bits per heavy atom. The fraction of sp³-hybridized carbons (Fsp3) is 0.143. The van der Waals surface area contributed by atoms with Crippen molar-refractivity contribution in [1.82, 2.24) is 14.6 Å². The molecule has 0 fully saturated rings. The van der Waals surface area contributed by atoms with Gasteiger partial charge in [0.25, 0.3) is 5.91 Å². The summed E-state index contributed by atoms with van der Waals surface area (Å²) in [6.45, 7) is 1.75. The summed E-state index contributed by atoms with van der Waals surface area (Å²) in [5.74, 6) is 0.523. The number of anilines is 1. The number of amides is 1. The van der Waals surface area contributed by atoms with Gasteiger partial charge in [-0.15, -0.1) is 5.10 Å². The zero-order valence-corrected chi connectivity index (χ0v) is 12.3. The lowest BCUT2D eigenvalue weighted by molar-refractivity contribution is 0.103. The van der Waals surface area contributed by atoms with Gasteiger partial charge in [0, 0.05) is 11.5 Å². The summed E-state index contributed by atoms with van der Waals surface area (Å²) in [5, 5.41) is 7.55. The van der Waals surface area contributed by atoms with Crippen LogP contribution in [0.1, 0.15) is 15.4 Å². The van der Waals surface area contributed by atoms with Crippen molar-refractivity contribution in [1.29, 1.82) is 0 Å². The molecule has 0 spiro atoms. The van der Waals surface area contributed by atoms with E-state index in [-0.39, 0.29) is 5.91 Å². The fourth-order valence-corrected chi connectivity index (χ4v) is 2.48. The Morgan fingerprint density at radius 2 is 2.19 bits per heavy atom. The number of methoxy groups -OCH3 is 1. The number of rotatable bonds is 3. The molecule has 2 heterocycles. The number of benzene rings is 1. The van der Waals surface area contributed by atoms with Gasteiger partial charge in [0.15, 0.2) is 0 Å². The molecule has 6 nitrogen and oxygen atoms in total. The van der Waals surface area contributed by atoms with Crippen LogP contribution >= 0.6 is 11.5 Å². The molecule has 0 aliphatic rings. The zero-order chi connectivity index (χ0) is 14.8. The molecular formula is C14H12N4O2S. The van der Waals surface area contributed by atoms with Gasteiger partial charge in [-0.2, -0.15) is 0 Å². The molecule has 2 aromatic heterocycles. The van der Waals surface area contributed by atoms with Gasteiger partial charge in [0.1, 0.15) is 10.6 Å². The standard InChI is InChI=1S/C14H12N4O2S/c1-8-13(21-18-17-8)14(19)16-10-5-9-3-4-11(20-2)6-12(9)15-7-10/h3-7H,1-2H3,(H,16,19). The molecular weight excluding hydrogens is 288 g/mol. The third-order valence-electron chi connectivity index (χ3n) is 3.01. The van der Waals surface area contributed by atoms with E-state index in [1.807, 2.05) is 24.3 Å². The first-order valence-corrected chi connectivity index (χ1v) is 6.99. The second-order valence-electron chi connectivity index (χ2n) is 4.42.